The van der Waals surface area contributed by atoms with E-state index in [0.717, 1.165) is 33.8 Å². The molecule has 0 spiro atoms. The van der Waals surface area contributed by atoms with Crippen molar-refractivity contribution in [1.82, 2.24) is 0 Å². The quantitative estimate of drug-likeness (QED) is 0.0301. The van der Waals surface area contributed by atoms with Gasteiger partial charge in [0.15, 0.2) is 5.78 Å². The number of carbonyl (C=O) groups is 1. The van der Waals surface area contributed by atoms with Gasteiger partial charge in [0.25, 0.3) is 0 Å². The van der Waals surface area contributed by atoms with E-state index in [9.17, 15) is 4.79 Å². The van der Waals surface area contributed by atoms with Crippen LogP contribution in [-0.4, -0.2) is 63.6 Å². The van der Waals surface area contributed by atoms with E-state index in [1.165, 1.54) is 6.08 Å². The first-order valence-electron chi connectivity index (χ1n) is 19.8. The van der Waals surface area contributed by atoms with Crippen LogP contribution in [0.4, 0.5) is 0 Å². The topological polar surface area (TPSA) is 100 Å². The molecule has 0 atom stereocenters. The number of methoxy groups -OCH3 is 6. The first kappa shape index (κ1) is 44.5. The molecule has 0 aliphatic heterocycles. The predicted octanol–water partition coefficient (Wildman–Crippen LogP) is 10.6. The molecule has 316 valence electrons. The maximum absolute atomic E-state index is 14.0. The minimum atomic E-state index is -3.43. The van der Waals surface area contributed by atoms with Crippen LogP contribution in [0.5, 0.6) is 34.5 Å². The van der Waals surface area contributed by atoms with Gasteiger partial charge in [-0.25, -0.2) is 0 Å². The van der Waals surface area contributed by atoms with E-state index in [2.05, 4.69) is 0 Å². The van der Waals surface area contributed by atoms with E-state index in [1.807, 2.05) is 121 Å². The van der Waals surface area contributed by atoms with Gasteiger partial charge in [0, 0.05) is 28.3 Å². The fourth-order valence-corrected chi connectivity index (χ4v) is 7.64. The number of hydrogen-bond donors (Lipinski definition) is 0. The highest BCUT2D eigenvalue weighted by Crippen LogP contribution is 2.30. The average Bonchev–Trinajstić information content (AvgIpc) is 3.34. The van der Waals surface area contributed by atoms with Crippen LogP contribution in [0.25, 0.3) is 17.3 Å². The number of hydrogen-bond acceptors (Lipinski definition) is 10. The van der Waals surface area contributed by atoms with Crippen LogP contribution in [0.15, 0.2) is 164 Å². The molecule has 0 saturated heterocycles. The summed E-state index contributed by atoms with van der Waals surface area (Å²) in [6.45, 7) is 0. The van der Waals surface area contributed by atoms with E-state index in [0.29, 0.717) is 58.5 Å². The summed E-state index contributed by atoms with van der Waals surface area (Å²) in [4.78, 5) is 14.0. The third kappa shape index (κ3) is 12.5. The van der Waals surface area contributed by atoms with Gasteiger partial charge >= 0.3 is 15.1 Å². The smallest absolute Gasteiger partial charge is 0.577 e. The number of allylic oxidation sites excluding steroid dienone is 3. The molecule has 0 amide bonds. The molecule has 10 nitrogen and oxygen atoms in total. The van der Waals surface area contributed by atoms with E-state index in [4.69, 9.17) is 39.8 Å². The van der Waals surface area contributed by atoms with Gasteiger partial charge in [-0.3, -0.25) is 4.79 Å². The molecule has 0 aromatic heterocycles. The summed E-state index contributed by atoms with van der Waals surface area (Å²) in [7, 11) is 9.69. The summed E-state index contributed by atoms with van der Waals surface area (Å²) in [5, 5.41) is 0. The Morgan fingerprint density at radius 1 is 0.371 bits per heavy atom. The molecule has 0 unspecified atom stereocenters. The molecule has 11 heteroatoms. The Labute approximate surface area is 368 Å². The number of rotatable bonds is 21. The third-order valence-electron chi connectivity index (χ3n) is 9.79. The van der Waals surface area contributed by atoms with E-state index in [1.54, 1.807) is 79.1 Å². The van der Waals surface area contributed by atoms with Crippen LogP contribution >= 0.6 is 0 Å². The highest BCUT2D eigenvalue weighted by atomic mass is 27.3. The van der Waals surface area contributed by atoms with Crippen LogP contribution in [0.2, 0.25) is 0 Å². The molecule has 0 radical (unpaired) electrons. The van der Waals surface area contributed by atoms with Gasteiger partial charge in [-0.1, -0.05) is 24.3 Å². The summed E-state index contributed by atoms with van der Waals surface area (Å²) < 4.78 is 53.5. The van der Waals surface area contributed by atoms with Crippen molar-refractivity contribution in [3.8, 4) is 34.5 Å². The third-order valence-corrected chi connectivity index (χ3v) is 11.1. The van der Waals surface area contributed by atoms with Crippen LogP contribution in [-0.2, 0) is 24.2 Å². The lowest BCUT2D eigenvalue weighted by molar-refractivity contribution is 0.104. The monoisotopic (exact) mass is 848 g/mol. The minimum absolute atomic E-state index is 0.249. The van der Waals surface area contributed by atoms with E-state index in [-0.39, 0.29) is 11.5 Å². The second kappa shape index (κ2) is 22.5. The van der Waals surface area contributed by atoms with Gasteiger partial charge in [0.2, 0.25) is 0 Å². The predicted molar refractivity (Wildman–Crippen MR) is 243 cm³/mol. The second-order valence-electron chi connectivity index (χ2n) is 13.7. The molecule has 0 N–H and O–H groups in total. The lowest BCUT2D eigenvalue weighted by atomic mass is 10.1. The molecular formula is C51H49AlO10. The highest BCUT2D eigenvalue weighted by Gasteiger charge is 2.46. The fraction of sp³-hybridized carbons (Fsp3) is 0.157. The van der Waals surface area contributed by atoms with Crippen LogP contribution in [0.3, 0.4) is 0 Å². The van der Waals surface area contributed by atoms with Crippen molar-refractivity contribution < 1.29 is 44.6 Å². The Morgan fingerprint density at radius 3 is 0.935 bits per heavy atom. The molecule has 6 aromatic rings. The number of ketones is 1. The standard InChI is InChI=1S/C17H16O4.2C17H18O3.Al/c1-20-14-7-3-12(4-8-14)16(18)11-17(19)13-5-9-15(21-2)10-6-13;2*1-19-15-8-3-13(4-9-15)5-12-17(18)14-6-10-16(20-2)11-7-14;/h3-11,18H,1-2H3;2*3-4,6-12,18H,5H2,1-2H3;/q;;;+3/p-3/b16-11-;2*17-12-;. The minimum Gasteiger partial charge on any atom is -0.577 e. The summed E-state index contributed by atoms with van der Waals surface area (Å²) in [6.07, 6.45) is 6.47. The number of carbonyl (C=O) groups excluding carboxylic acids is 1. The van der Waals surface area contributed by atoms with Crippen molar-refractivity contribution in [2.45, 2.75) is 12.8 Å². The van der Waals surface area contributed by atoms with Crippen molar-refractivity contribution in [3.05, 3.63) is 197 Å². The number of benzene rings is 6. The Hall–Kier alpha value is -7.06. The van der Waals surface area contributed by atoms with Gasteiger partial charge < -0.3 is 39.8 Å². The van der Waals surface area contributed by atoms with Gasteiger partial charge in [-0.05, 0) is 157 Å². The molecule has 0 heterocycles. The zero-order valence-electron chi connectivity index (χ0n) is 35.7. The maximum Gasteiger partial charge on any atom is 1.20 e. The first-order valence-corrected chi connectivity index (χ1v) is 21.2. The molecule has 0 fully saturated rings. The summed E-state index contributed by atoms with van der Waals surface area (Å²) in [5.74, 6) is 5.15. The lowest BCUT2D eigenvalue weighted by Crippen LogP contribution is -2.26. The zero-order chi connectivity index (χ0) is 43.7. The highest BCUT2D eigenvalue weighted by molar-refractivity contribution is 6.41. The Bertz CT molecular complexity index is 2310. The molecule has 62 heavy (non-hydrogen) atoms. The SMILES string of the molecule is COc1ccc(C/C=C(\[O][Al]([O]/C(=C\Cc2ccc(OC)cc2)c2ccc(OC)cc2)[O]/C(=C\C(=O)c2ccc(OC)cc2)c2ccc(OC)cc2)c2ccc(OC)cc2)cc1. The lowest BCUT2D eigenvalue weighted by Gasteiger charge is -2.22. The summed E-state index contributed by atoms with van der Waals surface area (Å²) in [5.41, 5.74) is 4.64. The molecular weight excluding hydrogens is 800 g/mol. The van der Waals surface area contributed by atoms with Crippen molar-refractivity contribution in [3.63, 3.8) is 0 Å². The molecule has 6 aromatic carbocycles. The van der Waals surface area contributed by atoms with Gasteiger partial charge in [0.1, 0.15) is 34.5 Å². The largest absolute Gasteiger partial charge is 1.20 e. The van der Waals surface area contributed by atoms with Crippen LogP contribution in [0, 0.1) is 0 Å². The van der Waals surface area contributed by atoms with Crippen molar-refractivity contribution in [1.29, 1.82) is 0 Å². The molecule has 0 aliphatic carbocycles. The second-order valence-corrected chi connectivity index (χ2v) is 15.0. The van der Waals surface area contributed by atoms with E-state index < -0.39 is 15.1 Å². The summed E-state index contributed by atoms with van der Waals surface area (Å²) >= 11 is -3.43. The molecule has 0 bridgehead atoms. The summed E-state index contributed by atoms with van der Waals surface area (Å²) in [6, 6.07) is 45.0. The fourth-order valence-electron chi connectivity index (χ4n) is 6.20. The first-order chi connectivity index (χ1) is 30.3. The van der Waals surface area contributed by atoms with Crippen molar-refractivity contribution >= 4 is 38.2 Å². The maximum atomic E-state index is 14.0. The van der Waals surface area contributed by atoms with Crippen LogP contribution in [0.1, 0.15) is 38.2 Å². The van der Waals surface area contributed by atoms with Crippen molar-refractivity contribution in [2.24, 2.45) is 0 Å². The zero-order valence-corrected chi connectivity index (χ0v) is 36.8. The van der Waals surface area contributed by atoms with Gasteiger partial charge in [0.05, 0.1) is 59.9 Å². The molecule has 6 rings (SSSR count). The molecule has 0 saturated carbocycles. The Balaban J connectivity index is 1.47. The van der Waals surface area contributed by atoms with Crippen LogP contribution < -0.4 is 28.4 Å². The Morgan fingerprint density at radius 2 is 0.629 bits per heavy atom. The Kier molecular flexibility index (Phi) is 16.2. The van der Waals surface area contributed by atoms with Gasteiger partial charge in [-0.2, -0.15) is 0 Å². The normalized spacial score (nSPS) is 11.5. The number of ether oxygens (including phenoxy) is 6. The average molecular weight is 849 g/mol. The molecule has 0 aliphatic rings. The van der Waals surface area contributed by atoms with E-state index >= 15 is 0 Å². The van der Waals surface area contributed by atoms with Gasteiger partial charge in [-0.15, -0.1) is 0 Å². The van der Waals surface area contributed by atoms with Crippen molar-refractivity contribution in [2.75, 3.05) is 42.7 Å².